The Labute approximate surface area is 87.9 Å². The SMILES string of the molecule is CC(C)CC(N)C(O)C1CCCCC1. The third kappa shape index (κ3) is 3.58. The molecule has 0 saturated heterocycles. The molecule has 0 radical (unpaired) electrons. The van der Waals surface area contributed by atoms with Gasteiger partial charge in [-0.1, -0.05) is 33.1 Å². The van der Waals surface area contributed by atoms with Crippen molar-refractivity contribution in [3.63, 3.8) is 0 Å². The normalized spacial score (nSPS) is 23.8. The molecule has 0 aromatic carbocycles. The van der Waals surface area contributed by atoms with Gasteiger partial charge in [0.15, 0.2) is 0 Å². The fourth-order valence-corrected chi connectivity index (χ4v) is 2.51. The maximum absolute atomic E-state index is 10.1. The number of rotatable bonds is 4. The van der Waals surface area contributed by atoms with Gasteiger partial charge >= 0.3 is 0 Å². The largest absolute Gasteiger partial charge is 0.391 e. The zero-order valence-electron chi connectivity index (χ0n) is 9.58. The van der Waals surface area contributed by atoms with E-state index in [4.69, 9.17) is 5.73 Å². The predicted molar refractivity (Wildman–Crippen MR) is 60.0 cm³/mol. The van der Waals surface area contributed by atoms with E-state index in [1.807, 2.05) is 0 Å². The molecule has 2 nitrogen and oxygen atoms in total. The van der Waals surface area contributed by atoms with Gasteiger partial charge in [0, 0.05) is 6.04 Å². The molecule has 1 fully saturated rings. The summed E-state index contributed by atoms with van der Waals surface area (Å²) in [6.07, 6.45) is 6.91. The molecule has 1 aliphatic carbocycles. The lowest BCUT2D eigenvalue weighted by Crippen LogP contribution is -2.41. The van der Waals surface area contributed by atoms with Gasteiger partial charge in [-0.25, -0.2) is 0 Å². The number of nitrogens with two attached hydrogens (primary N) is 1. The lowest BCUT2D eigenvalue weighted by Gasteiger charge is -2.31. The van der Waals surface area contributed by atoms with Crippen molar-refractivity contribution in [3.8, 4) is 0 Å². The van der Waals surface area contributed by atoms with Crippen molar-refractivity contribution in [1.29, 1.82) is 0 Å². The van der Waals surface area contributed by atoms with Crippen LogP contribution in [0.25, 0.3) is 0 Å². The van der Waals surface area contributed by atoms with Crippen LogP contribution in [0.2, 0.25) is 0 Å². The first-order valence-electron chi connectivity index (χ1n) is 6.05. The van der Waals surface area contributed by atoms with E-state index >= 15 is 0 Å². The highest BCUT2D eigenvalue weighted by molar-refractivity contribution is 4.81. The summed E-state index contributed by atoms with van der Waals surface area (Å²) >= 11 is 0. The summed E-state index contributed by atoms with van der Waals surface area (Å²) in [5, 5.41) is 10.1. The first-order chi connectivity index (χ1) is 6.61. The molecule has 0 heterocycles. The van der Waals surface area contributed by atoms with E-state index in [2.05, 4.69) is 13.8 Å². The lowest BCUT2D eigenvalue weighted by atomic mass is 9.81. The summed E-state index contributed by atoms with van der Waals surface area (Å²) in [4.78, 5) is 0. The molecule has 84 valence electrons. The van der Waals surface area contributed by atoms with E-state index in [0.29, 0.717) is 11.8 Å². The van der Waals surface area contributed by atoms with Crippen molar-refractivity contribution in [2.24, 2.45) is 17.6 Å². The zero-order chi connectivity index (χ0) is 10.6. The minimum Gasteiger partial charge on any atom is -0.391 e. The second kappa shape index (κ2) is 5.72. The minimum atomic E-state index is -0.266. The molecule has 1 aliphatic rings. The number of hydrogen-bond donors (Lipinski definition) is 2. The van der Waals surface area contributed by atoms with Crippen molar-refractivity contribution in [1.82, 2.24) is 0 Å². The van der Waals surface area contributed by atoms with Crippen molar-refractivity contribution >= 4 is 0 Å². The van der Waals surface area contributed by atoms with Crippen LogP contribution in [0.5, 0.6) is 0 Å². The minimum absolute atomic E-state index is 0.0156. The van der Waals surface area contributed by atoms with Crippen LogP contribution in [-0.4, -0.2) is 17.3 Å². The molecule has 0 aromatic rings. The van der Waals surface area contributed by atoms with Crippen molar-refractivity contribution in [3.05, 3.63) is 0 Å². The van der Waals surface area contributed by atoms with E-state index in [0.717, 1.165) is 6.42 Å². The van der Waals surface area contributed by atoms with Gasteiger partial charge in [0.2, 0.25) is 0 Å². The Kier molecular flexibility index (Phi) is 4.90. The van der Waals surface area contributed by atoms with Crippen LogP contribution in [0.3, 0.4) is 0 Å². The smallest absolute Gasteiger partial charge is 0.0719 e. The Balaban J connectivity index is 2.33. The van der Waals surface area contributed by atoms with E-state index in [1.54, 1.807) is 0 Å². The van der Waals surface area contributed by atoms with Crippen LogP contribution in [0.4, 0.5) is 0 Å². The summed E-state index contributed by atoms with van der Waals surface area (Å²) in [5.74, 6) is 1.06. The Morgan fingerprint density at radius 2 is 1.79 bits per heavy atom. The highest BCUT2D eigenvalue weighted by Gasteiger charge is 2.26. The molecule has 2 atom stereocenters. The fourth-order valence-electron chi connectivity index (χ4n) is 2.51. The second-order valence-corrected chi connectivity index (χ2v) is 5.18. The first kappa shape index (κ1) is 12.0. The van der Waals surface area contributed by atoms with Gasteiger partial charge in [-0.15, -0.1) is 0 Å². The van der Waals surface area contributed by atoms with Crippen molar-refractivity contribution < 1.29 is 5.11 Å². The van der Waals surface area contributed by atoms with E-state index in [1.165, 1.54) is 32.1 Å². The van der Waals surface area contributed by atoms with Crippen LogP contribution < -0.4 is 5.73 Å². The molecule has 3 N–H and O–H groups in total. The zero-order valence-corrected chi connectivity index (χ0v) is 9.58. The van der Waals surface area contributed by atoms with Gasteiger partial charge in [-0.3, -0.25) is 0 Å². The van der Waals surface area contributed by atoms with E-state index in [-0.39, 0.29) is 12.1 Å². The number of aliphatic hydroxyl groups excluding tert-OH is 1. The maximum Gasteiger partial charge on any atom is 0.0719 e. The molecular formula is C12H25NO. The fraction of sp³-hybridized carbons (Fsp3) is 1.00. The highest BCUT2D eigenvalue weighted by Crippen LogP contribution is 2.28. The molecule has 2 unspecified atom stereocenters. The van der Waals surface area contributed by atoms with Crippen molar-refractivity contribution in [2.45, 2.75) is 64.5 Å². The Bertz CT molecular complexity index is 152. The third-order valence-corrected chi connectivity index (χ3v) is 3.32. The molecular weight excluding hydrogens is 174 g/mol. The van der Waals surface area contributed by atoms with E-state index in [9.17, 15) is 5.11 Å². The maximum atomic E-state index is 10.1. The van der Waals surface area contributed by atoms with Gasteiger partial charge in [-0.2, -0.15) is 0 Å². The van der Waals surface area contributed by atoms with Gasteiger partial charge < -0.3 is 10.8 Å². The van der Waals surface area contributed by atoms with Gasteiger partial charge in [0.1, 0.15) is 0 Å². The molecule has 0 aromatic heterocycles. The Morgan fingerprint density at radius 3 is 2.29 bits per heavy atom. The summed E-state index contributed by atoms with van der Waals surface area (Å²) in [5.41, 5.74) is 6.00. The molecule has 0 amide bonds. The lowest BCUT2D eigenvalue weighted by molar-refractivity contribution is 0.0559. The Hall–Kier alpha value is -0.0800. The molecule has 0 bridgehead atoms. The number of aliphatic hydroxyl groups is 1. The molecule has 0 aliphatic heterocycles. The summed E-state index contributed by atoms with van der Waals surface area (Å²) < 4.78 is 0. The monoisotopic (exact) mass is 199 g/mol. The van der Waals surface area contributed by atoms with Crippen LogP contribution in [0.1, 0.15) is 52.4 Å². The van der Waals surface area contributed by atoms with Gasteiger partial charge in [-0.05, 0) is 31.1 Å². The third-order valence-electron chi connectivity index (χ3n) is 3.32. The Morgan fingerprint density at radius 1 is 1.21 bits per heavy atom. The second-order valence-electron chi connectivity index (χ2n) is 5.18. The molecule has 1 rings (SSSR count). The summed E-state index contributed by atoms with van der Waals surface area (Å²) in [7, 11) is 0. The quantitative estimate of drug-likeness (QED) is 0.730. The molecule has 0 spiro atoms. The first-order valence-corrected chi connectivity index (χ1v) is 6.05. The van der Waals surface area contributed by atoms with Gasteiger partial charge in [0.25, 0.3) is 0 Å². The molecule has 14 heavy (non-hydrogen) atoms. The number of hydrogen-bond acceptors (Lipinski definition) is 2. The molecule has 1 saturated carbocycles. The van der Waals surface area contributed by atoms with Crippen LogP contribution >= 0.6 is 0 Å². The van der Waals surface area contributed by atoms with E-state index < -0.39 is 0 Å². The van der Waals surface area contributed by atoms with Crippen LogP contribution in [-0.2, 0) is 0 Å². The van der Waals surface area contributed by atoms with Crippen LogP contribution in [0.15, 0.2) is 0 Å². The standard InChI is InChI=1S/C12H25NO/c1-9(2)8-11(13)12(14)10-6-4-3-5-7-10/h9-12,14H,3-8,13H2,1-2H3. The summed E-state index contributed by atoms with van der Waals surface area (Å²) in [6.45, 7) is 4.32. The molecule has 2 heteroatoms. The average Bonchev–Trinajstić information content (AvgIpc) is 2.17. The average molecular weight is 199 g/mol. The van der Waals surface area contributed by atoms with Gasteiger partial charge in [0.05, 0.1) is 6.10 Å². The van der Waals surface area contributed by atoms with Crippen LogP contribution in [0, 0.1) is 11.8 Å². The predicted octanol–water partition coefficient (Wildman–Crippen LogP) is 2.30. The highest BCUT2D eigenvalue weighted by atomic mass is 16.3. The van der Waals surface area contributed by atoms with Crippen molar-refractivity contribution in [2.75, 3.05) is 0 Å². The topological polar surface area (TPSA) is 46.2 Å². The summed E-state index contributed by atoms with van der Waals surface area (Å²) in [6, 6.07) is -0.0156.